The molecule has 6 heteroatoms. The first kappa shape index (κ1) is 17.9. The highest BCUT2D eigenvalue weighted by molar-refractivity contribution is 7.18. The van der Waals surface area contributed by atoms with Crippen LogP contribution in [-0.4, -0.2) is 22.1 Å². The molecule has 0 spiro atoms. The van der Waals surface area contributed by atoms with Gasteiger partial charge in [-0.2, -0.15) is 0 Å². The van der Waals surface area contributed by atoms with Gasteiger partial charge in [-0.1, -0.05) is 37.3 Å². The Morgan fingerprint density at radius 2 is 2.15 bits per heavy atom. The Morgan fingerprint density at radius 3 is 2.96 bits per heavy atom. The number of thiophene rings is 1. The summed E-state index contributed by atoms with van der Waals surface area (Å²) in [6, 6.07) is 9.86. The number of nitrogens with zero attached hydrogens (tertiary/aromatic N) is 2. The minimum atomic E-state index is -0.410. The van der Waals surface area contributed by atoms with E-state index in [1.165, 1.54) is 15.8 Å². The summed E-state index contributed by atoms with van der Waals surface area (Å²) in [5.41, 5.74) is 2.12. The van der Waals surface area contributed by atoms with E-state index in [0.717, 1.165) is 35.2 Å². The summed E-state index contributed by atoms with van der Waals surface area (Å²) in [6.45, 7) is 2.45. The van der Waals surface area contributed by atoms with Crippen molar-refractivity contribution in [1.82, 2.24) is 9.55 Å². The molecule has 0 bridgehead atoms. The van der Waals surface area contributed by atoms with Gasteiger partial charge in [0, 0.05) is 11.3 Å². The number of fused-ring (bicyclic) bond motifs is 3. The van der Waals surface area contributed by atoms with Crippen LogP contribution in [0.5, 0.6) is 0 Å². The second-order valence-corrected chi connectivity index (χ2v) is 8.25. The molecule has 3 aromatic rings. The van der Waals surface area contributed by atoms with Crippen molar-refractivity contribution in [2.24, 2.45) is 5.92 Å². The third kappa shape index (κ3) is 3.81. The molecule has 27 heavy (non-hydrogen) atoms. The minimum Gasteiger partial charge on any atom is -0.464 e. The highest BCUT2D eigenvalue weighted by Gasteiger charge is 2.23. The van der Waals surface area contributed by atoms with Gasteiger partial charge < -0.3 is 4.74 Å². The van der Waals surface area contributed by atoms with Crippen molar-refractivity contribution >= 4 is 27.5 Å². The van der Waals surface area contributed by atoms with Gasteiger partial charge in [0.05, 0.1) is 18.3 Å². The van der Waals surface area contributed by atoms with Crippen molar-refractivity contribution in [3.8, 4) is 0 Å². The van der Waals surface area contributed by atoms with Crippen LogP contribution in [0.3, 0.4) is 0 Å². The number of benzene rings is 1. The first-order chi connectivity index (χ1) is 13.1. The van der Waals surface area contributed by atoms with Gasteiger partial charge >= 0.3 is 5.97 Å². The summed E-state index contributed by atoms with van der Waals surface area (Å²) in [5, 5.41) is 0.696. The van der Waals surface area contributed by atoms with Crippen molar-refractivity contribution in [3.05, 3.63) is 63.0 Å². The van der Waals surface area contributed by atoms with Crippen LogP contribution >= 0.6 is 11.3 Å². The van der Waals surface area contributed by atoms with Gasteiger partial charge in [0.1, 0.15) is 11.4 Å². The number of carbonyl (C=O) groups is 1. The molecule has 0 fully saturated rings. The standard InChI is InChI=1S/C21H22N2O3S/c1-14-7-8-16-17(11-14)27-20-19(16)21(25)23(13-22-20)12-18(24)26-10-9-15-5-3-2-4-6-15/h2-6,13-14H,7-12H2,1H3/t14-/m1/s1. The smallest absolute Gasteiger partial charge is 0.326 e. The Hall–Kier alpha value is -2.47. The summed E-state index contributed by atoms with van der Waals surface area (Å²) in [7, 11) is 0. The van der Waals surface area contributed by atoms with Crippen molar-refractivity contribution in [3.63, 3.8) is 0 Å². The van der Waals surface area contributed by atoms with Crippen LogP contribution in [0.4, 0.5) is 0 Å². The van der Waals surface area contributed by atoms with Gasteiger partial charge in [0.25, 0.3) is 5.56 Å². The topological polar surface area (TPSA) is 61.2 Å². The maximum absolute atomic E-state index is 12.9. The molecule has 1 atom stereocenters. The zero-order valence-electron chi connectivity index (χ0n) is 15.3. The second kappa shape index (κ2) is 7.64. The van der Waals surface area contributed by atoms with Crippen molar-refractivity contribution in [2.75, 3.05) is 6.61 Å². The lowest BCUT2D eigenvalue weighted by Gasteiger charge is -2.17. The zero-order valence-corrected chi connectivity index (χ0v) is 16.1. The Morgan fingerprint density at radius 1 is 1.33 bits per heavy atom. The Balaban J connectivity index is 1.46. The third-order valence-electron chi connectivity index (χ3n) is 5.08. The minimum absolute atomic E-state index is 0.0996. The van der Waals surface area contributed by atoms with E-state index in [0.29, 0.717) is 24.3 Å². The van der Waals surface area contributed by atoms with Gasteiger partial charge in [-0.25, -0.2) is 4.98 Å². The molecule has 2 heterocycles. The summed E-state index contributed by atoms with van der Waals surface area (Å²) >= 11 is 1.62. The molecule has 1 aliphatic rings. The van der Waals surface area contributed by atoms with Crippen LogP contribution in [0.15, 0.2) is 41.5 Å². The van der Waals surface area contributed by atoms with Crippen molar-refractivity contribution in [2.45, 2.75) is 39.2 Å². The number of rotatable bonds is 5. The first-order valence-corrected chi connectivity index (χ1v) is 10.1. The first-order valence-electron chi connectivity index (χ1n) is 9.31. The van der Waals surface area contributed by atoms with Gasteiger partial charge in [0.2, 0.25) is 0 Å². The van der Waals surface area contributed by atoms with Crippen LogP contribution in [0, 0.1) is 5.92 Å². The number of carbonyl (C=O) groups excluding carboxylic acids is 1. The normalized spacial score (nSPS) is 16.3. The molecule has 0 radical (unpaired) electrons. The highest BCUT2D eigenvalue weighted by atomic mass is 32.1. The Kier molecular flexibility index (Phi) is 5.07. The molecule has 4 rings (SSSR count). The van der Waals surface area contributed by atoms with Gasteiger partial charge in [-0.3, -0.25) is 14.2 Å². The lowest BCUT2D eigenvalue weighted by molar-refractivity contribution is -0.144. The number of hydrogen-bond donors (Lipinski definition) is 0. The van der Waals surface area contributed by atoms with Crippen LogP contribution in [0.25, 0.3) is 10.2 Å². The zero-order chi connectivity index (χ0) is 18.8. The average Bonchev–Trinajstić information content (AvgIpc) is 3.03. The van der Waals surface area contributed by atoms with E-state index in [1.807, 2.05) is 30.3 Å². The number of aromatic nitrogens is 2. The SMILES string of the molecule is C[C@@H]1CCc2c(sc3ncn(CC(=O)OCCc4ccccc4)c(=O)c23)C1. The predicted molar refractivity (Wildman–Crippen MR) is 106 cm³/mol. The summed E-state index contributed by atoms with van der Waals surface area (Å²) in [5.74, 6) is 0.235. The van der Waals surface area contributed by atoms with Crippen LogP contribution in [-0.2, 0) is 35.3 Å². The molecule has 0 aliphatic heterocycles. The van der Waals surface area contributed by atoms with E-state index >= 15 is 0 Å². The molecule has 0 N–H and O–H groups in total. The fourth-order valence-electron chi connectivity index (χ4n) is 3.59. The molecule has 0 saturated carbocycles. The van der Waals surface area contributed by atoms with E-state index in [2.05, 4.69) is 11.9 Å². The molecule has 1 aromatic carbocycles. The molecule has 0 amide bonds. The molecule has 1 aliphatic carbocycles. The molecule has 0 unspecified atom stereocenters. The highest BCUT2D eigenvalue weighted by Crippen LogP contribution is 2.35. The van der Waals surface area contributed by atoms with E-state index < -0.39 is 5.97 Å². The summed E-state index contributed by atoms with van der Waals surface area (Å²) in [4.78, 5) is 31.5. The van der Waals surface area contributed by atoms with E-state index in [9.17, 15) is 9.59 Å². The molecular weight excluding hydrogens is 360 g/mol. The van der Waals surface area contributed by atoms with E-state index in [4.69, 9.17) is 4.74 Å². The molecular formula is C21H22N2O3S. The fraction of sp³-hybridized carbons (Fsp3) is 0.381. The lowest BCUT2D eigenvalue weighted by Crippen LogP contribution is -2.26. The largest absolute Gasteiger partial charge is 0.464 e. The number of esters is 1. The quantitative estimate of drug-likeness (QED) is 0.635. The second-order valence-electron chi connectivity index (χ2n) is 7.17. The predicted octanol–water partition coefficient (Wildman–Crippen LogP) is 3.37. The Labute approximate surface area is 161 Å². The summed E-state index contributed by atoms with van der Waals surface area (Å²) < 4.78 is 6.67. The van der Waals surface area contributed by atoms with E-state index in [-0.39, 0.29) is 12.1 Å². The maximum Gasteiger partial charge on any atom is 0.326 e. The molecule has 0 saturated heterocycles. The van der Waals surface area contributed by atoms with Crippen LogP contribution in [0.2, 0.25) is 0 Å². The van der Waals surface area contributed by atoms with E-state index in [1.54, 1.807) is 11.3 Å². The number of aryl methyl sites for hydroxylation is 1. The van der Waals surface area contributed by atoms with Crippen LogP contribution < -0.4 is 5.56 Å². The van der Waals surface area contributed by atoms with Crippen molar-refractivity contribution < 1.29 is 9.53 Å². The lowest BCUT2D eigenvalue weighted by atomic mass is 9.89. The third-order valence-corrected chi connectivity index (χ3v) is 6.24. The average molecular weight is 382 g/mol. The van der Waals surface area contributed by atoms with Gasteiger partial charge in [-0.05, 0) is 36.3 Å². The molecule has 2 aromatic heterocycles. The summed E-state index contributed by atoms with van der Waals surface area (Å²) in [6.07, 6.45) is 5.15. The fourth-order valence-corrected chi connectivity index (χ4v) is 4.93. The maximum atomic E-state index is 12.9. The molecule has 5 nitrogen and oxygen atoms in total. The number of ether oxygens (including phenoxy) is 1. The monoisotopic (exact) mass is 382 g/mol. The molecule has 140 valence electrons. The van der Waals surface area contributed by atoms with Gasteiger partial charge in [0.15, 0.2) is 0 Å². The Bertz CT molecular complexity index is 1020. The van der Waals surface area contributed by atoms with Crippen molar-refractivity contribution in [1.29, 1.82) is 0 Å². The number of hydrogen-bond acceptors (Lipinski definition) is 5. The van der Waals surface area contributed by atoms with Crippen LogP contribution in [0.1, 0.15) is 29.3 Å². The van der Waals surface area contributed by atoms with Gasteiger partial charge in [-0.15, -0.1) is 11.3 Å².